The predicted octanol–water partition coefficient (Wildman–Crippen LogP) is 2.47. The van der Waals surface area contributed by atoms with E-state index >= 15 is 0 Å². The molecule has 0 amide bonds. The maximum absolute atomic E-state index is 10.1. The molecule has 2 nitrogen and oxygen atoms in total. The van der Waals surface area contributed by atoms with Crippen molar-refractivity contribution in [2.24, 2.45) is 0 Å². The van der Waals surface area contributed by atoms with E-state index in [0.29, 0.717) is 12.0 Å². The molecule has 0 unspecified atom stereocenters. The van der Waals surface area contributed by atoms with Gasteiger partial charge in [0.15, 0.2) is 0 Å². The number of hydrogen-bond donors (Lipinski definition) is 0. The van der Waals surface area contributed by atoms with Crippen LogP contribution in [0.25, 0.3) is 6.08 Å². The Morgan fingerprint density at radius 2 is 2.29 bits per heavy atom. The summed E-state index contributed by atoms with van der Waals surface area (Å²) in [6.07, 6.45) is 4.91. The standard InChI is InChI=1S/C12H11NO/c1-10-5-6-11(9-13)8-12(10)4-2-3-7-14/h2,4-8H,3H2,1H3. The molecule has 0 spiro atoms. The topological polar surface area (TPSA) is 40.9 Å². The normalized spacial score (nSPS) is 10.0. The van der Waals surface area contributed by atoms with Gasteiger partial charge in [-0.15, -0.1) is 0 Å². The molecule has 0 heterocycles. The van der Waals surface area contributed by atoms with Gasteiger partial charge in [-0.25, -0.2) is 0 Å². The number of nitrogens with zero attached hydrogens (tertiary/aromatic N) is 1. The maximum Gasteiger partial charge on any atom is 0.123 e. The Hall–Kier alpha value is -1.88. The molecular formula is C12H11NO. The van der Waals surface area contributed by atoms with E-state index in [2.05, 4.69) is 6.07 Å². The molecule has 70 valence electrons. The van der Waals surface area contributed by atoms with Gasteiger partial charge in [0.1, 0.15) is 6.29 Å². The highest BCUT2D eigenvalue weighted by Gasteiger charge is 1.95. The van der Waals surface area contributed by atoms with Crippen molar-refractivity contribution in [3.05, 3.63) is 41.0 Å². The summed E-state index contributed by atoms with van der Waals surface area (Å²) in [7, 11) is 0. The average molecular weight is 185 g/mol. The molecule has 2 heteroatoms. The van der Waals surface area contributed by atoms with E-state index in [1.807, 2.05) is 25.1 Å². The van der Waals surface area contributed by atoms with Crippen molar-refractivity contribution in [3.63, 3.8) is 0 Å². The van der Waals surface area contributed by atoms with Crippen LogP contribution in [0.15, 0.2) is 24.3 Å². The van der Waals surface area contributed by atoms with Crippen molar-refractivity contribution < 1.29 is 4.79 Å². The van der Waals surface area contributed by atoms with Crippen molar-refractivity contribution >= 4 is 12.4 Å². The second kappa shape index (κ2) is 4.98. The third kappa shape index (κ3) is 2.56. The molecule has 0 aromatic heterocycles. The number of carbonyl (C=O) groups excluding carboxylic acids is 1. The highest BCUT2D eigenvalue weighted by molar-refractivity contribution is 5.60. The lowest BCUT2D eigenvalue weighted by Crippen LogP contribution is -1.82. The third-order valence-corrected chi connectivity index (χ3v) is 1.94. The Morgan fingerprint density at radius 1 is 1.50 bits per heavy atom. The molecule has 0 aliphatic heterocycles. The number of allylic oxidation sites excluding steroid dienone is 1. The third-order valence-electron chi connectivity index (χ3n) is 1.94. The summed E-state index contributed by atoms with van der Waals surface area (Å²) in [6.45, 7) is 1.97. The molecule has 1 rings (SSSR count). The molecule has 0 N–H and O–H groups in total. The quantitative estimate of drug-likeness (QED) is 0.679. The van der Waals surface area contributed by atoms with Crippen LogP contribution in [-0.4, -0.2) is 6.29 Å². The minimum atomic E-state index is 0.413. The summed E-state index contributed by atoms with van der Waals surface area (Å²) in [5.41, 5.74) is 2.73. The van der Waals surface area contributed by atoms with E-state index in [-0.39, 0.29) is 0 Å². The van der Waals surface area contributed by atoms with E-state index in [9.17, 15) is 4.79 Å². The largest absolute Gasteiger partial charge is 0.303 e. The van der Waals surface area contributed by atoms with Crippen LogP contribution in [0.4, 0.5) is 0 Å². The van der Waals surface area contributed by atoms with Crippen LogP contribution < -0.4 is 0 Å². The van der Waals surface area contributed by atoms with Gasteiger partial charge in [0.05, 0.1) is 11.6 Å². The molecule has 0 radical (unpaired) electrons. The van der Waals surface area contributed by atoms with Gasteiger partial charge in [0.25, 0.3) is 0 Å². The second-order valence-corrected chi connectivity index (χ2v) is 2.99. The summed E-state index contributed by atoms with van der Waals surface area (Å²) >= 11 is 0. The molecular weight excluding hydrogens is 174 g/mol. The lowest BCUT2D eigenvalue weighted by Gasteiger charge is -1.99. The minimum Gasteiger partial charge on any atom is -0.303 e. The van der Waals surface area contributed by atoms with Gasteiger partial charge in [0, 0.05) is 6.42 Å². The Labute approximate surface area is 83.5 Å². The van der Waals surface area contributed by atoms with Crippen LogP contribution in [-0.2, 0) is 4.79 Å². The van der Waals surface area contributed by atoms with Crippen molar-refractivity contribution in [1.82, 2.24) is 0 Å². The summed E-state index contributed by atoms with van der Waals surface area (Å²) in [5, 5.41) is 8.69. The fourth-order valence-electron chi connectivity index (χ4n) is 1.14. The Balaban J connectivity index is 2.96. The molecule has 0 atom stereocenters. The summed E-state index contributed by atoms with van der Waals surface area (Å²) in [5.74, 6) is 0. The number of aryl methyl sites for hydroxylation is 1. The zero-order valence-corrected chi connectivity index (χ0v) is 8.03. The van der Waals surface area contributed by atoms with E-state index in [4.69, 9.17) is 5.26 Å². The van der Waals surface area contributed by atoms with Crippen LogP contribution >= 0.6 is 0 Å². The molecule has 0 saturated heterocycles. The average Bonchev–Trinajstić information content (AvgIpc) is 2.21. The SMILES string of the molecule is Cc1ccc(C#N)cc1C=CCC=O. The fraction of sp³-hybridized carbons (Fsp3) is 0.167. The zero-order valence-electron chi connectivity index (χ0n) is 8.03. The van der Waals surface area contributed by atoms with E-state index in [0.717, 1.165) is 17.4 Å². The lowest BCUT2D eigenvalue weighted by atomic mass is 10.0. The number of rotatable bonds is 3. The van der Waals surface area contributed by atoms with Crippen LogP contribution in [0.2, 0.25) is 0 Å². The summed E-state index contributed by atoms with van der Waals surface area (Å²) < 4.78 is 0. The van der Waals surface area contributed by atoms with E-state index in [1.54, 1.807) is 12.1 Å². The number of hydrogen-bond acceptors (Lipinski definition) is 2. The molecule has 0 bridgehead atoms. The Morgan fingerprint density at radius 3 is 2.93 bits per heavy atom. The number of aldehydes is 1. The molecule has 14 heavy (non-hydrogen) atoms. The minimum absolute atomic E-state index is 0.413. The first-order chi connectivity index (χ1) is 6.77. The van der Waals surface area contributed by atoms with Crippen molar-refractivity contribution in [3.8, 4) is 6.07 Å². The molecule has 1 aromatic rings. The molecule has 1 aromatic carbocycles. The maximum atomic E-state index is 10.1. The van der Waals surface area contributed by atoms with Crippen LogP contribution in [0.1, 0.15) is 23.1 Å². The van der Waals surface area contributed by atoms with Crippen molar-refractivity contribution in [1.29, 1.82) is 5.26 Å². The Kier molecular flexibility index (Phi) is 3.63. The smallest absolute Gasteiger partial charge is 0.123 e. The van der Waals surface area contributed by atoms with Gasteiger partial charge in [-0.3, -0.25) is 0 Å². The number of nitriles is 1. The highest BCUT2D eigenvalue weighted by Crippen LogP contribution is 2.12. The van der Waals surface area contributed by atoms with Crippen molar-refractivity contribution in [2.75, 3.05) is 0 Å². The number of carbonyl (C=O) groups is 1. The second-order valence-electron chi connectivity index (χ2n) is 2.99. The summed E-state index contributed by atoms with van der Waals surface area (Å²) in [4.78, 5) is 10.1. The monoisotopic (exact) mass is 185 g/mol. The van der Waals surface area contributed by atoms with Gasteiger partial charge in [-0.05, 0) is 30.2 Å². The first-order valence-electron chi connectivity index (χ1n) is 4.39. The first kappa shape index (κ1) is 10.2. The van der Waals surface area contributed by atoms with Gasteiger partial charge in [-0.1, -0.05) is 18.2 Å². The van der Waals surface area contributed by atoms with Crippen LogP contribution in [0, 0.1) is 18.3 Å². The summed E-state index contributed by atoms with van der Waals surface area (Å²) in [6, 6.07) is 7.58. The number of benzene rings is 1. The van der Waals surface area contributed by atoms with Gasteiger partial charge in [-0.2, -0.15) is 5.26 Å². The van der Waals surface area contributed by atoms with Crippen molar-refractivity contribution in [2.45, 2.75) is 13.3 Å². The van der Waals surface area contributed by atoms with Crippen LogP contribution in [0.3, 0.4) is 0 Å². The first-order valence-corrected chi connectivity index (χ1v) is 4.39. The highest BCUT2D eigenvalue weighted by atomic mass is 16.1. The zero-order chi connectivity index (χ0) is 10.4. The van der Waals surface area contributed by atoms with E-state index < -0.39 is 0 Å². The van der Waals surface area contributed by atoms with E-state index in [1.165, 1.54) is 0 Å². The predicted molar refractivity (Wildman–Crippen MR) is 55.6 cm³/mol. The lowest BCUT2D eigenvalue weighted by molar-refractivity contribution is -0.107. The van der Waals surface area contributed by atoms with Gasteiger partial charge < -0.3 is 4.79 Å². The molecule has 0 aliphatic carbocycles. The fourth-order valence-corrected chi connectivity index (χ4v) is 1.14. The molecule has 0 saturated carbocycles. The van der Waals surface area contributed by atoms with Crippen LogP contribution in [0.5, 0.6) is 0 Å². The molecule has 0 fully saturated rings. The molecule has 0 aliphatic rings. The van der Waals surface area contributed by atoms with Gasteiger partial charge >= 0.3 is 0 Å². The van der Waals surface area contributed by atoms with Gasteiger partial charge in [0.2, 0.25) is 0 Å². The Bertz CT molecular complexity index is 399.